The summed E-state index contributed by atoms with van der Waals surface area (Å²) in [5.41, 5.74) is 1.46. The van der Waals surface area contributed by atoms with E-state index in [4.69, 9.17) is 0 Å². The fourth-order valence-corrected chi connectivity index (χ4v) is 6.99. The Kier molecular flexibility index (Phi) is 5.48. The molecule has 2 aliphatic rings. The van der Waals surface area contributed by atoms with Crippen molar-refractivity contribution in [1.29, 1.82) is 0 Å². The van der Waals surface area contributed by atoms with Gasteiger partial charge in [-0.2, -0.15) is 4.31 Å². The van der Waals surface area contributed by atoms with Gasteiger partial charge in [0.2, 0.25) is 5.91 Å². The molecule has 1 aromatic heterocycles. The summed E-state index contributed by atoms with van der Waals surface area (Å²) in [5, 5.41) is 4.55. The van der Waals surface area contributed by atoms with Crippen molar-refractivity contribution in [1.82, 2.24) is 4.31 Å². The van der Waals surface area contributed by atoms with Crippen LogP contribution in [0.3, 0.4) is 0 Å². The van der Waals surface area contributed by atoms with Crippen molar-refractivity contribution in [3.05, 3.63) is 82.2 Å². The Bertz CT molecular complexity index is 1370. The van der Waals surface area contributed by atoms with Gasteiger partial charge in [0.05, 0.1) is 11.3 Å². The Hall–Kier alpha value is -3.14. The second-order valence-corrected chi connectivity index (χ2v) is 11.1. The van der Waals surface area contributed by atoms with Crippen LogP contribution in [0.4, 0.5) is 5.69 Å². The summed E-state index contributed by atoms with van der Waals surface area (Å²) >= 11 is 1.17. The number of thiophene rings is 1. The summed E-state index contributed by atoms with van der Waals surface area (Å²) < 4.78 is 27.1. The molecule has 0 unspecified atom stereocenters. The molecule has 2 heterocycles. The summed E-state index contributed by atoms with van der Waals surface area (Å²) in [5.74, 6) is -1.22. The number of carbonyl (C=O) groups excluding carboxylic acids is 3. The molecule has 33 heavy (non-hydrogen) atoms. The van der Waals surface area contributed by atoms with E-state index in [0.717, 1.165) is 0 Å². The van der Waals surface area contributed by atoms with Crippen molar-refractivity contribution in [2.24, 2.45) is 5.92 Å². The van der Waals surface area contributed by atoms with E-state index in [1.165, 1.54) is 15.6 Å². The van der Waals surface area contributed by atoms with E-state index in [9.17, 15) is 22.8 Å². The first-order valence-corrected chi connectivity index (χ1v) is 12.9. The molecule has 1 aliphatic carbocycles. The molecule has 9 heteroatoms. The third-order valence-corrected chi connectivity index (χ3v) is 9.40. The number of nitrogens with one attached hydrogen (secondary N) is 1. The lowest BCUT2D eigenvalue weighted by Gasteiger charge is -2.30. The van der Waals surface area contributed by atoms with Crippen LogP contribution in [0.5, 0.6) is 0 Å². The van der Waals surface area contributed by atoms with Gasteiger partial charge in [-0.1, -0.05) is 42.5 Å². The monoisotopic (exact) mass is 480 g/mol. The third-order valence-electron chi connectivity index (χ3n) is 6.12. The molecule has 7 nitrogen and oxygen atoms in total. The minimum absolute atomic E-state index is 0.201. The largest absolute Gasteiger partial charge is 0.325 e. The average Bonchev–Trinajstić information content (AvgIpc) is 3.39. The number of carbonyl (C=O) groups is 3. The normalized spacial score (nSPS) is 16.8. The van der Waals surface area contributed by atoms with Crippen LogP contribution in [0.1, 0.15) is 44.7 Å². The molecule has 2 aromatic carbocycles. The fourth-order valence-electron chi connectivity index (χ4n) is 4.38. The van der Waals surface area contributed by atoms with E-state index >= 15 is 0 Å². The second kappa shape index (κ2) is 8.33. The lowest BCUT2D eigenvalue weighted by atomic mass is 9.83. The van der Waals surface area contributed by atoms with Gasteiger partial charge < -0.3 is 5.32 Å². The van der Waals surface area contributed by atoms with E-state index in [1.54, 1.807) is 60.0 Å². The van der Waals surface area contributed by atoms with Crippen LogP contribution in [-0.4, -0.2) is 43.3 Å². The van der Waals surface area contributed by atoms with Crippen LogP contribution in [0.15, 0.2) is 64.2 Å². The Labute approximate surface area is 195 Å². The topological polar surface area (TPSA) is 101 Å². The van der Waals surface area contributed by atoms with Crippen molar-refractivity contribution in [3.63, 3.8) is 0 Å². The average molecular weight is 481 g/mol. The molecule has 1 N–H and O–H groups in total. The van der Waals surface area contributed by atoms with Crippen molar-refractivity contribution in [2.75, 3.05) is 18.4 Å². The molecule has 1 fully saturated rings. The van der Waals surface area contributed by atoms with Gasteiger partial charge in [-0.3, -0.25) is 14.4 Å². The molecule has 0 radical (unpaired) electrons. The van der Waals surface area contributed by atoms with E-state index < -0.39 is 15.9 Å². The molecule has 0 saturated carbocycles. The summed E-state index contributed by atoms with van der Waals surface area (Å²) in [6.45, 7) is 0.492. The van der Waals surface area contributed by atoms with Crippen molar-refractivity contribution < 1.29 is 22.8 Å². The zero-order valence-corrected chi connectivity index (χ0v) is 19.1. The Morgan fingerprint density at radius 1 is 0.879 bits per heavy atom. The molecule has 1 saturated heterocycles. The van der Waals surface area contributed by atoms with Gasteiger partial charge in [-0.25, -0.2) is 8.42 Å². The molecule has 1 aliphatic heterocycles. The number of benzene rings is 2. The SMILES string of the molecule is O=C1c2ccccc2C(=O)c2c(NC(=O)C3CCN(S(=O)(=O)c4cccs4)CC3)cccc21. The van der Waals surface area contributed by atoms with Crippen molar-refractivity contribution in [3.8, 4) is 0 Å². The molecular formula is C24H20N2O5S2. The summed E-state index contributed by atoms with van der Waals surface area (Å²) in [6.07, 6.45) is 0.752. The number of anilines is 1. The number of nitrogens with zero attached hydrogens (tertiary/aromatic N) is 1. The number of rotatable bonds is 4. The molecule has 1 amide bonds. The first-order valence-electron chi connectivity index (χ1n) is 10.5. The highest BCUT2D eigenvalue weighted by Gasteiger charge is 2.35. The van der Waals surface area contributed by atoms with E-state index in [0.29, 0.717) is 33.9 Å². The van der Waals surface area contributed by atoms with Crippen molar-refractivity contribution in [2.45, 2.75) is 17.1 Å². The first kappa shape index (κ1) is 21.7. The number of piperidine rings is 1. The van der Waals surface area contributed by atoms with Crippen LogP contribution in [-0.2, 0) is 14.8 Å². The van der Waals surface area contributed by atoms with E-state index in [2.05, 4.69) is 5.32 Å². The highest BCUT2D eigenvalue weighted by molar-refractivity contribution is 7.91. The van der Waals surface area contributed by atoms with Gasteiger partial charge in [-0.05, 0) is 30.4 Å². The van der Waals surface area contributed by atoms with Crippen LogP contribution in [0.2, 0.25) is 0 Å². The molecule has 168 valence electrons. The van der Waals surface area contributed by atoms with E-state index in [-0.39, 0.29) is 41.7 Å². The van der Waals surface area contributed by atoms with Crippen LogP contribution < -0.4 is 5.32 Å². The summed E-state index contributed by atoms with van der Waals surface area (Å²) in [6, 6.07) is 14.8. The lowest BCUT2D eigenvalue weighted by molar-refractivity contribution is -0.120. The molecule has 0 spiro atoms. The Balaban J connectivity index is 1.33. The lowest BCUT2D eigenvalue weighted by Crippen LogP contribution is -2.41. The fraction of sp³-hybridized carbons (Fsp3) is 0.208. The zero-order valence-electron chi connectivity index (χ0n) is 17.5. The molecule has 0 atom stereocenters. The first-order chi connectivity index (χ1) is 15.9. The van der Waals surface area contributed by atoms with Gasteiger partial charge in [0.15, 0.2) is 11.6 Å². The van der Waals surface area contributed by atoms with E-state index in [1.807, 2.05) is 0 Å². The molecular weight excluding hydrogens is 460 g/mol. The second-order valence-electron chi connectivity index (χ2n) is 8.03. The Morgan fingerprint density at radius 2 is 1.55 bits per heavy atom. The predicted octanol–water partition coefficient (Wildman–Crippen LogP) is 3.56. The van der Waals surface area contributed by atoms with Gasteiger partial charge in [0.1, 0.15) is 4.21 Å². The maximum Gasteiger partial charge on any atom is 0.252 e. The van der Waals surface area contributed by atoms with Gasteiger partial charge in [0, 0.05) is 35.7 Å². The minimum Gasteiger partial charge on any atom is -0.325 e. The number of hydrogen-bond donors (Lipinski definition) is 1. The Morgan fingerprint density at radius 3 is 2.21 bits per heavy atom. The number of amides is 1. The molecule has 0 bridgehead atoms. The van der Waals surface area contributed by atoms with Crippen LogP contribution in [0.25, 0.3) is 0 Å². The number of fused-ring (bicyclic) bond motifs is 2. The number of hydrogen-bond acceptors (Lipinski definition) is 6. The maximum absolute atomic E-state index is 13.1. The quantitative estimate of drug-likeness (QED) is 0.481. The maximum atomic E-state index is 13.1. The van der Waals surface area contributed by atoms with Crippen LogP contribution in [0, 0.1) is 5.92 Å². The van der Waals surface area contributed by atoms with Gasteiger partial charge in [-0.15, -0.1) is 11.3 Å². The summed E-state index contributed by atoms with van der Waals surface area (Å²) in [4.78, 5) is 39.0. The highest BCUT2D eigenvalue weighted by Crippen LogP contribution is 2.33. The standard InChI is InChI=1S/C24H20N2O5S2/c27-22-16-5-1-2-6-17(16)23(28)21-18(22)7-3-8-19(21)25-24(29)15-10-12-26(13-11-15)33(30,31)20-9-4-14-32-20/h1-9,14-15H,10-13H2,(H,25,29). The highest BCUT2D eigenvalue weighted by atomic mass is 32.2. The molecule has 3 aromatic rings. The zero-order chi connectivity index (χ0) is 23.2. The van der Waals surface area contributed by atoms with Crippen LogP contribution >= 0.6 is 11.3 Å². The summed E-state index contributed by atoms with van der Waals surface area (Å²) in [7, 11) is -3.54. The third kappa shape index (κ3) is 3.72. The van der Waals surface area contributed by atoms with Crippen molar-refractivity contribution >= 4 is 44.5 Å². The minimum atomic E-state index is -3.54. The van der Waals surface area contributed by atoms with Gasteiger partial charge in [0.25, 0.3) is 10.0 Å². The number of ketones is 2. The number of sulfonamides is 1. The van der Waals surface area contributed by atoms with Gasteiger partial charge >= 0.3 is 0 Å². The predicted molar refractivity (Wildman–Crippen MR) is 124 cm³/mol. The molecule has 5 rings (SSSR count). The smallest absolute Gasteiger partial charge is 0.252 e.